The summed E-state index contributed by atoms with van der Waals surface area (Å²) in [4.78, 5) is 3.69. The Kier molecular flexibility index (Phi) is 10.6. The van der Waals surface area contributed by atoms with Gasteiger partial charge in [-0.3, -0.25) is 0 Å². The first-order chi connectivity index (χ1) is 12.0. The van der Waals surface area contributed by atoms with Crippen LogP contribution in [0.1, 0.15) is 60.8 Å². The average Bonchev–Trinajstić information content (AvgIpc) is 2.98. The van der Waals surface area contributed by atoms with Crippen LogP contribution in [0.3, 0.4) is 0 Å². The largest absolute Gasteiger partial charge is 0.393 e. The van der Waals surface area contributed by atoms with Crippen LogP contribution in [0.5, 0.6) is 0 Å². The van der Waals surface area contributed by atoms with Crippen molar-refractivity contribution in [1.29, 1.82) is 0 Å². The Bertz CT molecular complexity index is 656. The van der Waals surface area contributed by atoms with Crippen LogP contribution in [0.25, 0.3) is 4.85 Å². The second kappa shape index (κ2) is 11.6. The molecule has 3 nitrogen and oxygen atoms in total. The van der Waals surface area contributed by atoms with E-state index in [1.165, 1.54) is 0 Å². The zero-order valence-electron chi connectivity index (χ0n) is 15.4. The van der Waals surface area contributed by atoms with E-state index in [2.05, 4.69) is 23.9 Å². The molecule has 0 amide bonds. The first kappa shape index (κ1) is 23.8. The molecule has 139 valence electrons. The van der Waals surface area contributed by atoms with Gasteiger partial charge in [0, 0.05) is 38.1 Å². The van der Waals surface area contributed by atoms with Gasteiger partial charge in [-0.25, -0.2) is 4.85 Å². The standard InChI is InChI=1S/C21H27ClNO2.Y/c1-4-5-6-7-8-16-15(9-10-19(16)22)18-11-14(2)17(21(25)13-24)12-20(18)23-3;/h6-7,11-12,15-16,19,21,24-25H,1,4-5,8-10,13H2,2H3;/q-1;/b7-6-;. The van der Waals surface area contributed by atoms with Crippen molar-refractivity contribution in [1.82, 2.24) is 0 Å². The fourth-order valence-electron chi connectivity index (χ4n) is 3.79. The second-order valence-corrected chi connectivity index (χ2v) is 7.35. The third-order valence-corrected chi connectivity index (χ3v) is 5.69. The molecule has 1 aliphatic carbocycles. The normalized spacial score (nSPS) is 23.6. The van der Waals surface area contributed by atoms with Gasteiger partial charge in [0.1, 0.15) is 6.10 Å². The number of aryl methyl sites for hydroxylation is 1. The van der Waals surface area contributed by atoms with Crippen LogP contribution in [0, 0.1) is 26.3 Å². The molecule has 5 heteroatoms. The number of benzene rings is 1. The summed E-state index contributed by atoms with van der Waals surface area (Å²) in [5.41, 5.74) is 3.13. The van der Waals surface area contributed by atoms with Crippen molar-refractivity contribution in [3.8, 4) is 0 Å². The Morgan fingerprint density at radius 3 is 2.73 bits per heavy atom. The van der Waals surface area contributed by atoms with Gasteiger partial charge in [-0.05, 0) is 54.7 Å². The molecule has 2 N–H and O–H groups in total. The van der Waals surface area contributed by atoms with Crippen LogP contribution in [-0.4, -0.2) is 22.2 Å². The van der Waals surface area contributed by atoms with Gasteiger partial charge < -0.3 is 17.1 Å². The maximum absolute atomic E-state index is 9.96. The van der Waals surface area contributed by atoms with Crippen molar-refractivity contribution in [3.05, 3.63) is 59.3 Å². The van der Waals surface area contributed by atoms with Crippen molar-refractivity contribution in [2.24, 2.45) is 5.92 Å². The fourth-order valence-corrected chi connectivity index (χ4v) is 4.20. The number of unbranched alkanes of at least 4 members (excludes halogenated alkanes) is 1. The van der Waals surface area contributed by atoms with Crippen LogP contribution in [0.15, 0.2) is 24.3 Å². The number of aliphatic hydroxyl groups excluding tert-OH is 2. The summed E-state index contributed by atoms with van der Waals surface area (Å²) in [5, 5.41) is 19.3. The van der Waals surface area contributed by atoms with Crippen molar-refractivity contribution < 1.29 is 42.9 Å². The number of nitrogens with zero attached hydrogens (tertiary/aromatic N) is 1. The molecule has 0 aliphatic heterocycles. The Hall–Kier alpha value is -0.236. The molecule has 1 aromatic rings. The van der Waals surface area contributed by atoms with E-state index in [1.807, 2.05) is 13.0 Å². The van der Waals surface area contributed by atoms with Gasteiger partial charge in [-0.2, -0.15) is 6.42 Å². The summed E-state index contributed by atoms with van der Waals surface area (Å²) in [6.07, 6.45) is 8.13. The van der Waals surface area contributed by atoms with Crippen molar-refractivity contribution in [3.63, 3.8) is 0 Å². The van der Waals surface area contributed by atoms with Crippen LogP contribution in [-0.2, 0) is 32.7 Å². The van der Waals surface area contributed by atoms with Crippen LogP contribution in [0.2, 0.25) is 0 Å². The first-order valence-electron chi connectivity index (χ1n) is 8.92. The number of aliphatic hydroxyl groups is 2. The summed E-state index contributed by atoms with van der Waals surface area (Å²) < 4.78 is 0. The Morgan fingerprint density at radius 1 is 1.38 bits per heavy atom. The number of alkyl halides is 1. The predicted octanol–water partition coefficient (Wildman–Crippen LogP) is 5.23. The zero-order valence-corrected chi connectivity index (χ0v) is 19.0. The van der Waals surface area contributed by atoms with E-state index in [9.17, 15) is 10.2 Å². The van der Waals surface area contributed by atoms with Crippen molar-refractivity contribution in [2.45, 2.75) is 56.4 Å². The van der Waals surface area contributed by atoms with E-state index in [0.29, 0.717) is 17.2 Å². The molecule has 0 saturated heterocycles. The molecule has 1 fully saturated rings. The molecule has 0 heterocycles. The van der Waals surface area contributed by atoms with Gasteiger partial charge in [0.25, 0.3) is 0 Å². The number of halogens is 1. The zero-order chi connectivity index (χ0) is 18.4. The van der Waals surface area contributed by atoms with E-state index in [-0.39, 0.29) is 50.6 Å². The summed E-state index contributed by atoms with van der Waals surface area (Å²) in [6, 6.07) is 3.74. The fraction of sp³-hybridized carbons (Fsp3) is 0.524. The smallest absolute Gasteiger partial charge is 0.191 e. The number of allylic oxidation sites excluding steroid dienone is 2. The summed E-state index contributed by atoms with van der Waals surface area (Å²) in [5.74, 6) is 0.575. The molecule has 1 aromatic carbocycles. The molecule has 0 bridgehead atoms. The topological polar surface area (TPSA) is 44.8 Å². The second-order valence-electron chi connectivity index (χ2n) is 6.79. The molecule has 26 heavy (non-hydrogen) atoms. The van der Waals surface area contributed by atoms with Gasteiger partial charge >= 0.3 is 0 Å². The van der Waals surface area contributed by atoms with Crippen LogP contribution < -0.4 is 0 Å². The van der Waals surface area contributed by atoms with Crippen molar-refractivity contribution >= 4 is 17.3 Å². The molecule has 4 unspecified atom stereocenters. The first-order valence-corrected chi connectivity index (χ1v) is 9.36. The minimum atomic E-state index is -0.944. The summed E-state index contributed by atoms with van der Waals surface area (Å²) in [6.45, 7) is 13.0. The minimum Gasteiger partial charge on any atom is -0.393 e. The number of rotatable bonds is 7. The molecule has 2 rings (SSSR count). The van der Waals surface area contributed by atoms with E-state index in [0.717, 1.165) is 43.2 Å². The van der Waals surface area contributed by atoms with E-state index in [4.69, 9.17) is 18.2 Å². The SMILES string of the molecule is [C-]#[N+]c1cc(C(O)CO)c(C)cc1C1CCC(Cl)C1C/C=C\CC[CH2-].[Y]. The maximum Gasteiger partial charge on any atom is 0.191 e. The molecular formula is C21H27ClNO2Y-. The molecule has 1 radical (unpaired) electrons. The molecular weight excluding hydrogens is 423 g/mol. The van der Waals surface area contributed by atoms with Crippen molar-refractivity contribution in [2.75, 3.05) is 6.61 Å². The van der Waals surface area contributed by atoms with E-state index >= 15 is 0 Å². The number of hydrogen-bond acceptors (Lipinski definition) is 2. The Balaban J connectivity index is 0.00000338. The van der Waals surface area contributed by atoms with Crippen LogP contribution >= 0.6 is 11.6 Å². The maximum atomic E-state index is 9.96. The van der Waals surface area contributed by atoms with E-state index < -0.39 is 6.10 Å². The molecule has 1 saturated carbocycles. The van der Waals surface area contributed by atoms with Crippen LogP contribution in [0.4, 0.5) is 5.69 Å². The number of hydrogen-bond donors (Lipinski definition) is 2. The molecule has 4 atom stereocenters. The minimum absolute atomic E-state index is 0. The van der Waals surface area contributed by atoms with Gasteiger partial charge in [-0.15, -0.1) is 11.6 Å². The summed E-state index contributed by atoms with van der Waals surface area (Å²) in [7, 11) is 0. The third kappa shape index (κ3) is 5.63. The molecule has 1 aliphatic rings. The monoisotopic (exact) mass is 449 g/mol. The average molecular weight is 450 g/mol. The quantitative estimate of drug-likeness (QED) is 0.340. The van der Waals surface area contributed by atoms with Gasteiger partial charge in [0.05, 0.1) is 13.2 Å². The Morgan fingerprint density at radius 2 is 2.12 bits per heavy atom. The van der Waals surface area contributed by atoms with Gasteiger partial charge in [-0.1, -0.05) is 30.7 Å². The Labute approximate surface area is 187 Å². The van der Waals surface area contributed by atoms with E-state index in [1.54, 1.807) is 6.07 Å². The molecule has 0 aromatic heterocycles. The van der Waals surface area contributed by atoms with Gasteiger partial charge in [0.15, 0.2) is 5.69 Å². The third-order valence-electron chi connectivity index (χ3n) is 5.15. The molecule has 0 spiro atoms. The summed E-state index contributed by atoms with van der Waals surface area (Å²) >= 11 is 6.58. The predicted molar refractivity (Wildman–Crippen MR) is 103 cm³/mol. The van der Waals surface area contributed by atoms with Gasteiger partial charge in [0.2, 0.25) is 0 Å².